The van der Waals surface area contributed by atoms with Gasteiger partial charge in [0.05, 0.1) is 5.56 Å². The fourth-order valence-corrected chi connectivity index (χ4v) is 9.10. The lowest BCUT2D eigenvalue weighted by atomic mass is 9.93. The summed E-state index contributed by atoms with van der Waals surface area (Å²) in [4.78, 5) is 15.3. The lowest BCUT2D eigenvalue weighted by molar-refractivity contribution is -0.0191. The van der Waals surface area contributed by atoms with E-state index in [2.05, 4.69) is 13.2 Å². The van der Waals surface area contributed by atoms with E-state index in [9.17, 15) is 0 Å². The average Bonchev–Trinajstić information content (AvgIpc) is 3.53. The molecule has 0 fully saturated rings. The predicted molar refractivity (Wildman–Crippen MR) is 312 cm³/mol. The molecule has 0 aliphatic carbocycles. The highest BCUT2D eigenvalue weighted by Gasteiger charge is 2.39. The van der Waals surface area contributed by atoms with Gasteiger partial charge in [-0.15, -0.1) is 0 Å². The zero-order chi connectivity index (χ0) is 55.4. The van der Waals surface area contributed by atoms with E-state index in [0.717, 1.165) is 33.4 Å². The lowest BCUT2D eigenvalue weighted by Gasteiger charge is -2.35. The van der Waals surface area contributed by atoms with E-state index < -0.39 is 18.2 Å². The van der Waals surface area contributed by atoms with Gasteiger partial charge in [0.2, 0.25) is 11.5 Å². The topological polar surface area (TPSA) is 109 Å². The minimum Gasteiger partial charge on any atom is -0.489 e. The largest absolute Gasteiger partial charge is 0.489 e. The third kappa shape index (κ3) is 14.8. The molecule has 10 rings (SSSR count). The fourth-order valence-electron chi connectivity index (χ4n) is 9.10. The van der Waals surface area contributed by atoms with Crippen LogP contribution in [-0.4, -0.2) is 25.3 Å². The SMILES string of the molecule is C=CCOc1c(OCc2ccccc2)cc(C(=O)O[C@@H]2Cc3c(OCc4ccccc4)cc(OCc4ccccc4)cc3O[C@@H]2c2cc(OCc3ccccc3)c(OCC=C)c(OCc3ccccc3)c2)cc1OCc1ccccc1. The molecule has 0 aromatic heterocycles. The Morgan fingerprint density at radius 1 is 0.420 bits per heavy atom. The monoisotopic (exact) mass is 1080 g/mol. The Kier molecular flexibility index (Phi) is 18.6. The molecule has 0 unspecified atom stereocenters. The van der Waals surface area contributed by atoms with Gasteiger partial charge in [-0.2, -0.15) is 0 Å². The number of rotatable bonds is 27. The van der Waals surface area contributed by atoms with Crippen LogP contribution < -0.4 is 42.6 Å². The van der Waals surface area contributed by atoms with Gasteiger partial charge >= 0.3 is 5.97 Å². The Morgan fingerprint density at radius 2 is 0.765 bits per heavy atom. The third-order valence-electron chi connectivity index (χ3n) is 13.2. The van der Waals surface area contributed by atoms with Crippen LogP contribution in [0.15, 0.2) is 244 Å². The smallest absolute Gasteiger partial charge is 0.338 e. The van der Waals surface area contributed by atoms with Crippen molar-refractivity contribution in [3.05, 3.63) is 294 Å². The first-order chi connectivity index (χ1) is 40.0. The Hall–Kier alpha value is -9.87. The van der Waals surface area contributed by atoms with Gasteiger partial charge in [0.1, 0.15) is 76.2 Å². The van der Waals surface area contributed by atoms with Crippen molar-refractivity contribution in [3.63, 3.8) is 0 Å². The number of benzene rings is 9. The molecule has 1 aliphatic heterocycles. The second-order valence-corrected chi connectivity index (χ2v) is 19.1. The first kappa shape index (κ1) is 54.5. The highest BCUT2D eigenvalue weighted by molar-refractivity contribution is 5.91. The van der Waals surface area contributed by atoms with E-state index in [1.165, 1.54) is 0 Å². The number of esters is 1. The van der Waals surface area contributed by atoms with Crippen molar-refractivity contribution in [1.29, 1.82) is 0 Å². The summed E-state index contributed by atoms with van der Waals surface area (Å²) in [5.41, 5.74) is 7.03. The summed E-state index contributed by atoms with van der Waals surface area (Å²) >= 11 is 0. The van der Waals surface area contributed by atoms with Gasteiger partial charge in [-0.05, 0) is 57.6 Å². The lowest BCUT2D eigenvalue weighted by Crippen LogP contribution is -2.35. The standard InChI is InChI=1S/C70H62O11/c1-3-35-72-68-62(76-46-52-27-15-7-16-28-52)37-56(38-63(68)77-47-53-29-17-8-18-30-53)67-66(43-59-60(75-45-51-25-13-6-14-26-51)41-58(42-61(59)80-67)74-44-50-23-11-5-12-24-50)81-70(71)57-39-64(78-48-54-31-19-9-20-32-54)69(73-36-4-2)65(40-57)79-49-55-33-21-10-22-34-55/h3-34,37-42,66-67H,1-2,35-36,43-49H2/t66-,67-/m1/s1. The minimum absolute atomic E-state index is 0.146. The predicted octanol–water partition coefficient (Wildman–Crippen LogP) is 15.2. The maximum absolute atomic E-state index is 15.3. The molecule has 1 aliphatic rings. The van der Waals surface area contributed by atoms with Gasteiger partial charge in [-0.3, -0.25) is 0 Å². The molecule has 408 valence electrons. The highest BCUT2D eigenvalue weighted by Crippen LogP contribution is 2.48. The summed E-state index contributed by atoms with van der Waals surface area (Å²) in [6.07, 6.45) is 1.48. The summed E-state index contributed by atoms with van der Waals surface area (Å²) in [6, 6.07) is 69.6. The minimum atomic E-state index is -0.997. The summed E-state index contributed by atoms with van der Waals surface area (Å²) in [5.74, 6) is 2.80. The van der Waals surface area contributed by atoms with Crippen molar-refractivity contribution in [1.82, 2.24) is 0 Å². The van der Waals surface area contributed by atoms with Crippen molar-refractivity contribution in [2.24, 2.45) is 0 Å². The summed E-state index contributed by atoms with van der Waals surface area (Å²) in [6.45, 7) is 9.43. The Labute approximate surface area is 473 Å². The van der Waals surface area contributed by atoms with Crippen LogP contribution in [0.5, 0.6) is 51.7 Å². The fraction of sp³-hybridized carbons (Fsp3) is 0.157. The quantitative estimate of drug-likeness (QED) is 0.0363. The van der Waals surface area contributed by atoms with E-state index in [4.69, 9.17) is 47.4 Å². The third-order valence-corrected chi connectivity index (χ3v) is 13.2. The molecule has 0 amide bonds. The van der Waals surface area contributed by atoms with E-state index >= 15 is 4.79 Å². The molecule has 0 bridgehead atoms. The first-order valence-corrected chi connectivity index (χ1v) is 26.8. The van der Waals surface area contributed by atoms with Gasteiger partial charge < -0.3 is 47.4 Å². The van der Waals surface area contributed by atoms with Gasteiger partial charge in [0, 0.05) is 29.7 Å². The van der Waals surface area contributed by atoms with Crippen LogP contribution in [-0.2, 0) is 50.8 Å². The molecule has 2 atom stereocenters. The molecule has 0 N–H and O–H groups in total. The van der Waals surface area contributed by atoms with Crippen LogP contribution in [0.25, 0.3) is 0 Å². The van der Waals surface area contributed by atoms with Crippen molar-refractivity contribution < 1.29 is 52.2 Å². The molecule has 0 saturated carbocycles. The summed E-state index contributed by atoms with van der Waals surface area (Å²) in [5, 5.41) is 0. The molecule has 0 radical (unpaired) electrons. The molecule has 11 heteroatoms. The van der Waals surface area contributed by atoms with Crippen LogP contribution in [0.4, 0.5) is 0 Å². The molecular weight excluding hydrogens is 1020 g/mol. The Bertz CT molecular complexity index is 3340. The van der Waals surface area contributed by atoms with E-state index in [1.807, 2.05) is 206 Å². The van der Waals surface area contributed by atoms with E-state index in [1.54, 1.807) is 24.3 Å². The van der Waals surface area contributed by atoms with Crippen LogP contribution in [0, 0.1) is 0 Å². The van der Waals surface area contributed by atoms with Crippen molar-refractivity contribution in [2.45, 2.75) is 58.3 Å². The molecule has 11 nitrogen and oxygen atoms in total. The van der Waals surface area contributed by atoms with Gasteiger partial charge in [0.15, 0.2) is 29.1 Å². The second kappa shape index (κ2) is 27.6. The molecule has 1 heterocycles. The second-order valence-electron chi connectivity index (χ2n) is 19.1. The van der Waals surface area contributed by atoms with E-state index in [0.29, 0.717) is 58.0 Å². The van der Waals surface area contributed by atoms with Gasteiger partial charge in [0.25, 0.3) is 0 Å². The maximum Gasteiger partial charge on any atom is 0.338 e. The van der Waals surface area contributed by atoms with Crippen molar-refractivity contribution in [2.75, 3.05) is 13.2 Å². The molecular formula is C70H62O11. The van der Waals surface area contributed by atoms with Crippen LogP contribution in [0.3, 0.4) is 0 Å². The van der Waals surface area contributed by atoms with Gasteiger partial charge in [-0.25, -0.2) is 4.79 Å². The number of fused-ring (bicyclic) bond motifs is 1. The Balaban J connectivity index is 1.09. The molecule has 0 saturated heterocycles. The van der Waals surface area contributed by atoms with Crippen molar-refractivity contribution >= 4 is 5.97 Å². The highest BCUT2D eigenvalue weighted by atomic mass is 16.6. The number of hydrogen-bond acceptors (Lipinski definition) is 11. The molecule has 81 heavy (non-hydrogen) atoms. The maximum atomic E-state index is 15.3. The number of carbonyl (C=O) groups excluding carboxylic acids is 1. The first-order valence-electron chi connectivity index (χ1n) is 26.8. The molecule has 9 aromatic carbocycles. The zero-order valence-electron chi connectivity index (χ0n) is 44.9. The average molecular weight is 1080 g/mol. The summed E-state index contributed by atoms with van der Waals surface area (Å²) in [7, 11) is 0. The van der Waals surface area contributed by atoms with Crippen LogP contribution in [0.1, 0.15) is 61.0 Å². The van der Waals surface area contributed by atoms with Crippen LogP contribution >= 0.6 is 0 Å². The molecule has 9 aromatic rings. The zero-order valence-corrected chi connectivity index (χ0v) is 44.9. The normalized spacial score (nSPS) is 13.3. The molecule has 0 spiro atoms. The van der Waals surface area contributed by atoms with Crippen molar-refractivity contribution in [3.8, 4) is 51.7 Å². The number of hydrogen-bond donors (Lipinski definition) is 0. The van der Waals surface area contributed by atoms with E-state index in [-0.39, 0.29) is 69.7 Å². The Morgan fingerprint density at radius 3 is 1.14 bits per heavy atom. The van der Waals surface area contributed by atoms with Crippen LogP contribution in [0.2, 0.25) is 0 Å². The van der Waals surface area contributed by atoms with Gasteiger partial charge in [-0.1, -0.05) is 207 Å². The summed E-state index contributed by atoms with van der Waals surface area (Å²) < 4.78 is 66.2. The number of carbonyl (C=O) groups is 1. The number of ether oxygens (including phenoxy) is 10.